The van der Waals surface area contributed by atoms with Crippen LogP contribution in [0.4, 0.5) is 10.5 Å². The number of urea groups is 1. The van der Waals surface area contributed by atoms with Crippen LogP contribution in [0.15, 0.2) is 85.1 Å². The Hall–Kier alpha value is -3.98. The fraction of sp³-hybridized carbons (Fsp3) is 0.192. The zero-order valence-corrected chi connectivity index (χ0v) is 20.3. The van der Waals surface area contributed by atoms with Gasteiger partial charge in [-0.1, -0.05) is 30.3 Å². The number of benzene rings is 3. The Morgan fingerprint density at radius 3 is 2.31 bits per heavy atom. The largest absolute Gasteiger partial charge is 0.494 e. The summed E-state index contributed by atoms with van der Waals surface area (Å²) in [5.41, 5.74) is 9.05. The van der Waals surface area contributed by atoms with E-state index in [4.69, 9.17) is 15.2 Å². The molecule has 0 aromatic heterocycles. The first-order valence-electron chi connectivity index (χ1n) is 11.1. The molecule has 0 fully saturated rings. The maximum Gasteiger partial charge on any atom is 0.318 e. The van der Waals surface area contributed by atoms with E-state index in [2.05, 4.69) is 15.4 Å². The molecule has 2 amide bonds. The second kappa shape index (κ2) is 13.7. The minimum Gasteiger partial charge on any atom is -0.494 e. The highest BCUT2D eigenvalue weighted by atomic mass is 32.2. The Labute approximate surface area is 208 Å². The number of carbonyl (C=O) groups excluding carboxylic acids is 1. The fourth-order valence-electron chi connectivity index (χ4n) is 3.00. The number of hydrogen-bond donors (Lipinski definition) is 4. The lowest BCUT2D eigenvalue weighted by Crippen LogP contribution is -2.33. The summed E-state index contributed by atoms with van der Waals surface area (Å²) < 4.78 is 25.4. The van der Waals surface area contributed by atoms with Gasteiger partial charge in [0.2, 0.25) is 0 Å². The molecule has 0 aliphatic rings. The number of amides is 2. The molecule has 0 radical (unpaired) electrons. The van der Waals surface area contributed by atoms with Crippen molar-refractivity contribution in [2.45, 2.75) is 13.0 Å². The minimum atomic E-state index is -1.10. The van der Waals surface area contributed by atoms with Crippen LogP contribution in [0.2, 0.25) is 0 Å². The molecule has 5 N–H and O–H groups in total. The Morgan fingerprint density at radius 2 is 1.63 bits per heavy atom. The highest BCUT2D eigenvalue weighted by Crippen LogP contribution is 2.18. The van der Waals surface area contributed by atoms with Crippen molar-refractivity contribution in [3.05, 3.63) is 96.2 Å². The minimum absolute atomic E-state index is 0.334. The number of rotatable bonds is 12. The van der Waals surface area contributed by atoms with Gasteiger partial charge in [0.05, 0.1) is 12.3 Å². The van der Waals surface area contributed by atoms with Gasteiger partial charge in [-0.15, -0.1) is 0 Å². The number of ether oxygens (including phenoxy) is 2. The molecule has 0 saturated heterocycles. The number of nitrogens with two attached hydrogens (primary N) is 1. The average molecular weight is 495 g/mol. The number of anilines is 1. The van der Waals surface area contributed by atoms with Gasteiger partial charge in [0.15, 0.2) is 0 Å². The molecule has 1 atom stereocenters. The maximum absolute atomic E-state index is 12.0. The highest BCUT2D eigenvalue weighted by molar-refractivity contribution is 7.85. The summed E-state index contributed by atoms with van der Waals surface area (Å²) in [6, 6.07) is 24.0. The molecule has 0 aliphatic heterocycles. The van der Waals surface area contributed by atoms with Crippen molar-refractivity contribution in [1.29, 1.82) is 0 Å². The second-order valence-electron chi connectivity index (χ2n) is 7.58. The lowest BCUT2D eigenvalue weighted by molar-refractivity contribution is 0.242. The van der Waals surface area contributed by atoms with Crippen molar-refractivity contribution >= 4 is 28.4 Å². The van der Waals surface area contributed by atoms with Crippen molar-refractivity contribution in [2.75, 3.05) is 24.1 Å². The summed E-state index contributed by atoms with van der Waals surface area (Å²) in [5.74, 6) is 1.50. The summed E-state index contributed by atoms with van der Waals surface area (Å²) in [4.78, 5) is 12.0. The van der Waals surface area contributed by atoms with E-state index in [0.29, 0.717) is 37.6 Å². The van der Waals surface area contributed by atoms with Crippen LogP contribution < -0.4 is 30.6 Å². The van der Waals surface area contributed by atoms with Crippen molar-refractivity contribution in [2.24, 2.45) is 5.73 Å². The molecule has 0 saturated carbocycles. The van der Waals surface area contributed by atoms with Gasteiger partial charge >= 0.3 is 6.03 Å². The molecule has 35 heavy (non-hydrogen) atoms. The van der Waals surface area contributed by atoms with E-state index in [1.54, 1.807) is 6.26 Å². The summed E-state index contributed by atoms with van der Waals surface area (Å²) in [7, 11) is -1.10. The summed E-state index contributed by atoms with van der Waals surface area (Å²) >= 11 is 0. The molecule has 0 spiro atoms. The Balaban J connectivity index is 1.36. The Morgan fingerprint density at radius 1 is 0.943 bits per heavy atom. The number of hydrogen-bond acceptors (Lipinski definition) is 5. The highest BCUT2D eigenvalue weighted by Gasteiger charge is 2.02. The van der Waals surface area contributed by atoms with Gasteiger partial charge in [0.25, 0.3) is 0 Å². The van der Waals surface area contributed by atoms with Crippen molar-refractivity contribution in [3.63, 3.8) is 0 Å². The molecule has 3 rings (SSSR count). The van der Waals surface area contributed by atoms with Crippen molar-refractivity contribution in [3.8, 4) is 11.5 Å². The normalized spacial score (nSPS) is 11.9. The third-order valence-electron chi connectivity index (χ3n) is 4.79. The molecule has 9 heteroatoms. The van der Waals surface area contributed by atoms with Gasteiger partial charge in [-0.25, -0.2) is 9.00 Å². The van der Waals surface area contributed by atoms with Crippen LogP contribution in [0.1, 0.15) is 17.5 Å². The van der Waals surface area contributed by atoms with Gasteiger partial charge in [-0.2, -0.15) is 0 Å². The molecule has 184 valence electrons. The number of nitrogens with one attached hydrogen (secondary N) is 3. The fourth-order valence-corrected chi connectivity index (χ4v) is 3.47. The predicted octanol–water partition coefficient (Wildman–Crippen LogP) is 4.00. The lowest BCUT2D eigenvalue weighted by atomic mass is 10.1. The molecule has 0 heterocycles. The van der Waals surface area contributed by atoms with E-state index in [9.17, 15) is 9.00 Å². The van der Waals surface area contributed by atoms with E-state index in [1.165, 1.54) is 6.20 Å². The van der Waals surface area contributed by atoms with Gasteiger partial charge in [0.1, 0.15) is 29.1 Å². The molecular weight excluding hydrogens is 464 g/mol. The lowest BCUT2D eigenvalue weighted by Gasteiger charge is -2.09. The van der Waals surface area contributed by atoms with Crippen LogP contribution in [0.5, 0.6) is 11.5 Å². The zero-order chi connectivity index (χ0) is 24.9. The first kappa shape index (κ1) is 25.6. The van der Waals surface area contributed by atoms with Gasteiger partial charge in [-0.05, 0) is 66.1 Å². The van der Waals surface area contributed by atoms with Gasteiger partial charge in [-0.3, -0.25) is 0 Å². The molecule has 3 aromatic rings. The van der Waals surface area contributed by atoms with Gasteiger partial charge < -0.3 is 30.6 Å². The van der Waals surface area contributed by atoms with Crippen molar-refractivity contribution in [1.82, 2.24) is 10.6 Å². The van der Waals surface area contributed by atoms with Crippen LogP contribution in [-0.2, 0) is 17.6 Å². The SMILES string of the molecule is CS(=O)Nc1ccc(COc2ccc(/C(N)=C/NC(=O)NCCCOc3ccccc3)cc2)cc1. The Kier molecular flexibility index (Phi) is 10.0. The standard InChI is InChI=1S/C26H30N4O4S/c1-35(32)30-22-12-8-20(9-13-22)19-34-24-14-10-21(11-15-24)25(27)18-29-26(31)28-16-5-17-33-23-6-3-2-4-7-23/h2-4,6-15,18,30H,5,16-17,19,27H2,1H3,(H2,28,29,31)/b25-18-. The van der Waals surface area contributed by atoms with Crippen molar-refractivity contribution < 1.29 is 18.5 Å². The molecule has 0 aliphatic carbocycles. The summed E-state index contributed by atoms with van der Waals surface area (Å²) in [5, 5.41) is 5.39. The van der Waals surface area contributed by atoms with E-state index < -0.39 is 11.0 Å². The zero-order valence-electron chi connectivity index (χ0n) is 19.5. The average Bonchev–Trinajstić information content (AvgIpc) is 2.87. The third kappa shape index (κ3) is 9.42. The number of carbonyl (C=O) groups is 1. The second-order valence-corrected chi connectivity index (χ2v) is 8.69. The van der Waals surface area contributed by atoms with E-state index in [1.807, 2.05) is 78.9 Å². The molecule has 3 aromatic carbocycles. The van der Waals surface area contributed by atoms with Gasteiger partial charge in [0, 0.05) is 24.7 Å². The third-order valence-corrected chi connectivity index (χ3v) is 5.31. The van der Waals surface area contributed by atoms with E-state index in [-0.39, 0.29) is 6.03 Å². The van der Waals surface area contributed by atoms with Crippen LogP contribution in [0.3, 0.4) is 0 Å². The molecular formula is C26H30N4O4S. The molecule has 1 unspecified atom stereocenters. The number of para-hydroxylation sites is 1. The monoisotopic (exact) mass is 494 g/mol. The summed E-state index contributed by atoms with van der Waals surface area (Å²) in [6.07, 6.45) is 3.73. The first-order chi connectivity index (χ1) is 17.0. The van der Waals surface area contributed by atoms with E-state index >= 15 is 0 Å². The van der Waals surface area contributed by atoms with Crippen LogP contribution in [0.25, 0.3) is 5.70 Å². The molecule has 8 nitrogen and oxygen atoms in total. The smallest absolute Gasteiger partial charge is 0.318 e. The predicted molar refractivity (Wildman–Crippen MR) is 140 cm³/mol. The van der Waals surface area contributed by atoms with E-state index in [0.717, 1.165) is 22.6 Å². The first-order valence-corrected chi connectivity index (χ1v) is 12.7. The Bertz CT molecular complexity index is 1120. The maximum atomic E-state index is 12.0. The summed E-state index contributed by atoms with van der Waals surface area (Å²) in [6.45, 7) is 1.40. The topological polar surface area (TPSA) is 115 Å². The van der Waals surface area contributed by atoms with Crippen LogP contribution >= 0.6 is 0 Å². The molecule has 0 bridgehead atoms. The van der Waals surface area contributed by atoms with Crippen LogP contribution in [-0.4, -0.2) is 29.6 Å². The van der Waals surface area contributed by atoms with Crippen LogP contribution in [0, 0.1) is 0 Å². The quantitative estimate of drug-likeness (QED) is 0.284.